The summed E-state index contributed by atoms with van der Waals surface area (Å²) in [5.74, 6) is 0.973. The summed E-state index contributed by atoms with van der Waals surface area (Å²) in [6, 6.07) is 9.98. The Hall–Kier alpha value is -3.24. The molecule has 0 saturated heterocycles. The molecule has 1 aliphatic rings. The summed E-state index contributed by atoms with van der Waals surface area (Å²) in [7, 11) is 0. The molecule has 0 unspecified atom stereocenters. The zero-order valence-corrected chi connectivity index (χ0v) is 13.6. The lowest BCUT2D eigenvalue weighted by Gasteiger charge is -2.23. The lowest BCUT2D eigenvalue weighted by molar-refractivity contribution is 0.338. The van der Waals surface area contributed by atoms with Crippen molar-refractivity contribution in [3.05, 3.63) is 42.2 Å². The van der Waals surface area contributed by atoms with E-state index < -0.39 is 0 Å². The molecular formula is C18H21N7. The van der Waals surface area contributed by atoms with Gasteiger partial charge < -0.3 is 10.7 Å². The number of hydrogen-bond acceptors (Lipinski definition) is 6. The molecule has 128 valence electrons. The number of nitriles is 1. The normalized spacial score (nSPS) is 15.1. The molecule has 2 aromatic heterocycles. The molecule has 0 aliphatic carbocycles. The maximum absolute atomic E-state index is 8.80. The van der Waals surface area contributed by atoms with Crippen LogP contribution in [0.15, 0.2) is 36.5 Å². The highest BCUT2D eigenvalue weighted by Crippen LogP contribution is 2.26. The first-order chi connectivity index (χ1) is 12.2. The van der Waals surface area contributed by atoms with E-state index in [1.165, 1.54) is 0 Å². The fraction of sp³-hybridized carbons (Fsp3) is 0.222. The van der Waals surface area contributed by atoms with Gasteiger partial charge in [0.1, 0.15) is 5.69 Å². The number of hydrogen-bond donors (Lipinski definition) is 2. The first-order valence-electron chi connectivity index (χ1n) is 8.11. The van der Waals surface area contributed by atoms with Gasteiger partial charge in [0, 0.05) is 15.9 Å². The number of nitrogens with two attached hydrogens (primary N) is 1. The van der Waals surface area contributed by atoms with E-state index in [1.807, 2.05) is 24.3 Å². The molecule has 0 spiro atoms. The minimum atomic E-state index is 0. The molecule has 4 rings (SSSR count). The molecule has 7 heteroatoms. The average molecular weight is 335 g/mol. The summed E-state index contributed by atoms with van der Waals surface area (Å²) in [5, 5.41) is 8.80. The Morgan fingerprint density at radius 3 is 2.96 bits per heavy atom. The number of nitrogen functional groups attached to an aromatic ring is 1. The molecule has 1 aromatic carbocycles. The number of aromatic amines is 1. The molecule has 7 nitrogen and oxygen atoms in total. The van der Waals surface area contributed by atoms with Gasteiger partial charge in [0.05, 0.1) is 35.5 Å². The third-order valence-electron chi connectivity index (χ3n) is 4.33. The molecule has 1 aliphatic heterocycles. The molecule has 3 aromatic rings. The first kappa shape index (κ1) is 15.3. The first-order valence-corrected chi connectivity index (χ1v) is 8.11. The van der Waals surface area contributed by atoms with E-state index in [0.717, 1.165) is 41.8 Å². The van der Waals surface area contributed by atoms with E-state index in [-0.39, 0.29) is 2.85 Å². The Labute approximate surface area is 147 Å². The number of aromatic nitrogens is 4. The minimum Gasteiger partial charge on any atom is -0.382 e. The van der Waals surface area contributed by atoms with Crippen LogP contribution >= 0.6 is 0 Å². The van der Waals surface area contributed by atoms with Gasteiger partial charge in [-0.25, -0.2) is 15.0 Å². The van der Waals surface area contributed by atoms with Gasteiger partial charge in [0.2, 0.25) is 0 Å². The summed E-state index contributed by atoms with van der Waals surface area (Å²) in [6.07, 6.45) is 4.64. The van der Waals surface area contributed by atoms with E-state index in [4.69, 9.17) is 16.0 Å². The molecule has 0 amide bonds. The quantitative estimate of drug-likeness (QED) is 0.713. The Morgan fingerprint density at radius 2 is 2.20 bits per heavy atom. The number of nitrogens with one attached hydrogen (secondary N) is 1. The Balaban J connectivity index is 0.00000131. The summed E-state index contributed by atoms with van der Waals surface area (Å²) in [5.41, 5.74) is 10.3. The van der Waals surface area contributed by atoms with Crippen LogP contribution in [-0.2, 0) is 0 Å². The smallest absolute Gasteiger partial charge is 0.161 e. The Bertz CT molecular complexity index is 973. The van der Waals surface area contributed by atoms with Crippen LogP contribution in [0.2, 0.25) is 0 Å². The van der Waals surface area contributed by atoms with Crippen molar-refractivity contribution in [2.75, 3.05) is 25.4 Å². The van der Waals surface area contributed by atoms with Crippen molar-refractivity contribution in [2.45, 2.75) is 6.42 Å². The highest BCUT2D eigenvalue weighted by Gasteiger charge is 2.17. The monoisotopic (exact) mass is 335 g/mol. The second kappa shape index (κ2) is 6.34. The summed E-state index contributed by atoms with van der Waals surface area (Å²) in [4.78, 5) is 18.9. The summed E-state index contributed by atoms with van der Waals surface area (Å²) >= 11 is 0. The molecule has 0 bridgehead atoms. The third-order valence-corrected chi connectivity index (χ3v) is 4.33. The van der Waals surface area contributed by atoms with Crippen LogP contribution < -0.4 is 5.73 Å². The second-order valence-corrected chi connectivity index (χ2v) is 5.96. The van der Waals surface area contributed by atoms with Gasteiger partial charge >= 0.3 is 0 Å². The van der Waals surface area contributed by atoms with Crippen LogP contribution in [0.4, 0.5) is 5.82 Å². The van der Waals surface area contributed by atoms with E-state index >= 15 is 0 Å². The lowest BCUT2D eigenvalue weighted by atomic mass is 10.1. The number of anilines is 1. The number of rotatable bonds is 3. The molecule has 3 heterocycles. The van der Waals surface area contributed by atoms with E-state index in [0.29, 0.717) is 23.9 Å². The summed E-state index contributed by atoms with van der Waals surface area (Å²) < 4.78 is 0. The zero-order valence-electron chi connectivity index (χ0n) is 13.6. The topological polar surface area (TPSA) is 108 Å². The van der Waals surface area contributed by atoms with Gasteiger partial charge in [-0.05, 0) is 24.1 Å². The molecule has 0 fully saturated rings. The number of benzene rings is 1. The number of nitrogens with zero attached hydrogens (tertiary/aromatic N) is 5. The predicted octanol–water partition coefficient (Wildman–Crippen LogP) is 2.71. The van der Waals surface area contributed by atoms with E-state index in [9.17, 15) is 0 Å². The van der Waals surface area contributed by atoms with Gasteiger partial charge in [-0.1, -0.05) is 18.2 Å². The number of H-pyrrole nitrogens is 1. The average Bonchev–Trinajstić information content (AvgIpc) is 3.07. The van der Waals surface area contributed by atoms with Crippen molar-refractivity contribution < 1.29 is 2.85 Å². The van der Waals surface area contributed by atoms with Crippen LogP contribution in [0.1, 0.15) is 15.0 Å². The van der Waals surface area contributed by atoms with Gasteiger partial charge in [-0.15, -0.1) is 0 Å². The van der Waals surface area contributed by atoms with Crippen molar-refractivity contribution >= 4 is 22.4 Å². The van der Waals surface area contributed by atoms with Crippen molar-refractivity contribution in [1.82, 2.24) is 24.8 Å². The standard InChI is InChI=1S/C18H17N7.2H2/c19-7-10-25-8-5-12(6-9-25)15-11-21-17(20)16(22-15)18-23-13-3-1-2-4-14(13)24-18;;/h1-5,11H,6,8-10H2,(H2,20,21)(H,23,24);2*1H. The number of imidazole rings is 1. The number of para-hydroxylation sites is 2. The van der Waals surface area contributed by atoms with Crippen molar-refractivity contribution in [1.29, 1.82) is 5.26 Å². The second-order valence-electron chi connectivity index (χ2n) is 5.96. The zero-order chi connectivity index (χ0) is 17.2. The van der Waals surface area contributed by atoms with Gasteiger partial charge in [-0.2, -0.15) is 5.26 Å². The van der Waals surface area contributed by atoms with Gasteiger partial charge in [0.25, 0.3) is 0 Å². The predicted molar refractivity (Wildman–Crippen MR) is 100 cm³/mol. The minimum absolute atomic E-state index is 0. The molecule has 25 heavy (non-hydrogen) atoms. The number of fused-ring (bicyclic) bond motifs is 1. The van der Waals surface area contributed by atoms with E-state index in [2.05, 4.69) is 32.0 Å². The van der Waals surface area contributed by atoms with Gasteiger partial charge in [0.15, 0.2) is 11.6 Å². The maximum atomic E-state index is 8.80. The summed E-state index contributed by atoms with van der Waals surface area (Å²) in [6.45, 7) is 2.03. The van der Waals surface area contributed by atoms with Crippen molar-refractivity contribution in [2.24, 2.45) is 0 Å². The Morgan fingerprint density at radius 1 is 1.32 bits per heavy atom. The Kier molecular flexibility index (Phi) is 3.88. The highest BCUT2D eigenvalue weighted by atomic mass is 15.1. The van der Waals surface area contributed by atoms with Crippen LogP contribution in [0.3, 0.4) is 0 Å². The van der Waals surface area contributed by atoms with Crippen molar-refractivity contribution in [3.8, 4) is 17.6 Å². The van der Waals surface area contributed by atoms with Crippen LogP contribution in [0.5, 0.6) is 0 Å². The van der Waals surface area contributed by atoms with Crippen LogP contribution in [0.25, 0.3) is 28.1 Å². The third kappa shape index (κ3) is 2.95. The molecule has 0 atom stereocenters. The van der Waals surface area contributed by atoms with Crippen molar-refractivity contribution in [3.63, 3.8) is 0 Å². The van der Waals surface area contributed by atoms with E-state index in [1.54, 1.807) is 6.20 Å². The molecule has 3 N–H and O–H groups in total. The lowest BCUT2D eigenvalue weighted by Crippen LogP contribution is -2.28. The maximum Gasteiger partial charge on any atom is 0.161 e. The molecular weight excluding hydrogens is 314 g/mol. The highest BCUT2D eigenvalue weighted by molar-refractivity contribution is 5.80. The largest absolute Gasteiger partial charge is 0.382 e. The fourth-order valence-corrected chi connectivity index (χ4v) is 2.98. The van der Waals surface area contributed by atoms with Gasteiger partial charge in [-0.3, -0.25) is 4.90 Å². The fourth-order valence-electron chi connectivity index (χ4n) is 2.98. The SMILES string of the molecule is N#CCN1CC=C(c2cnc(N)c(-c3nc4ccccc4[nH]3)n2)CC1.[HH].[HH]. The molecule has 0 saturated carbocycles. The molecule has 0 radical (unpaired) electrons. The van der Waals surface area contributed by atoms with Crippen LogP contribution in [0, 0.1) is 11.3 Å². The van der Waals surface area contributed by atoms with Crippen LogP contribution in [-0.4, -0.2) is 44.5 Å².